The van der Waals surface area contributed by atoms with Crippen molar-refractivity contribution < 1.29 is 0 Å². The number of nitrogens with two attached hydrogens (primary N) is 1. The molecule has 0 saturated carbocycles. The van der Waals surface area contributed by atoms with Crippen LogP contribution < -0.4 is 5.73 Å². The lowest BCUT2D eigenvalue weighted by Gasteiger charge is -2.34. The van der Waals surface area contributed by atoms with Gasteiger partial charge in [-0.3, -0.25) is 0 Å². The minimum Gasteiger partial charge on any atom is -0.398 e. The highest BCUT2D eigenvalue weighted by Crippen LogP contribution is 2.57. The van der Waals surface area contributed by atoms with E-state index < -0.39 is 0 Å². The van der Waals surface area contributed by atoms with Crippen molar-refractivity contribution >= 4 is 5.69 Å². The molecule has 0 aromatic heterocycles. The Hall–Kier alpha value is -3.32. The summed E-state index contributed by atoms with van der Waals surface area (Å²) in [4.78, 5) is 0. The van der Waals surface area contributed by atoms with Gasteiger partial charge in [0, 0.05) is 11.3 Å². The van der Waals surface area contributed by atoms with Crippen molar-refractivity contribution in [1.29, 1.82) is 0 Å². The minimum absolute atomic E-state index is 0.389. The van der Waals surface area contributed by atoms with Crippen molar-refractivity contribution in [2.24, 2.45) is 0 Å². The van der Waals surface area contributed by atoms with Gasteiger partial charge in [-0.2, -0.15) is 0 Å². The van der Waals surface area contributed by atoms with Crippen molar-refractivity contribution in [3.05, 3.63) is 125 Å². The molecule has 1 nitrogen and oxygen atoms in total. The number of rotatable bonds is 2. The van der Waals surface area contributed by atoms with Gasteiger partial charge >= 0.3 is 0 Å². The molecule has 0 heterocycles. The third-order valence-corrected chi connectivity index (χ3v) is 5.51. The van der Waals surface area contributed by atoms with E-state index in [2.05, 4.69) is 97.1 Å². The molecule has 1 aliphatic carbocycles. The van der Waals surface area contributed by atoms with E-state index in [9.17, 15) is 0 Å². The zero-order valence-electron chi connectivity index (χ0n) is 14.4. The summed E-state index contributed by atoms with van der Waals surface area (Å²) in [6.07, 6.45) is 0. The van der Waals surface area contributed by atoms with Crippen LogP contribution in [0.1, 0.15) is 22.3 Å². The Kier molecular flexibility index (Phi) is 3.23. The van der Waals surface area contributed by atoms with E-state index in [0.29, 0.717) is 0 Å². The van der Waals surface area contributed by atoms with Gasteiger partial charge in [0.05, 0.1) is 5.41 Å². The van der Waals surface area contributed by atoms with Crippen LogP contribution in [0.15, 0.2) is 103 Å². The highest BCUT2D eigenvalue weighted by molar-refractivity contribution is 5.90. The fourth-order valence-corrected chi connectivity index (χ4v) is 4.54. The number of hydrogen-bond acceptors (Lipinski definition) is 1. The standard InChI is InChI=1S/C25H19N/c26-23-17-9-15-21-20-14-7-8-16-22(20)25(24(21)23,18-10-3-1-4-11-18)19-12-5-2-6-13-19/h1-17H,26H2. The molecule has 0 atom stereocenters. The highest BCUT2D eigenvalue weighted by atomic mass is 14.6. The zero-order chi connectivity index (χ0) is 17.6. The van der Waals surface area contributed by atoms with Crippen molar-refractivity contribution in [1.82, 2.24) is 0 Å². The van der Waals surface area contributed by atoms with Crippen LogP contribution in [0, 0.1) is 0 Å². The molecule has 0 amide bonds. The normalized spacial score (nSPS) is 13.8. The SMILES string of the molecule is Nc1cccc2c1C(c1ccccc1)(c1ccccc1)c1ccccc1-2. The molecule has 2 N–H and O–H groups in total. The fourth-order valence-electron chi connectivity index (χ4n) is 4.54. The van der Waals surface area contributed by atoms with Gasteiger partial charge in [-0.1, -0.05) is 97.1 Å². The van der Waals surface area contributed by atoms with E-state index in [0.717, 1.165) is 5.69 Å². The monoisotopic (exact) mass is 333 g/mol. The Labute approximate surface area is 153 Å². The van der Waals surface area contributed by atoms with Crippen LogP contribution in [-0.4, -0.2) is 0 Å². The van der Waals surface area contributed by atoms with Crippen molar-refractivity contribution in [3.63, 3.8) is 0 Å². The molecule has 4 aromatic carbocycles. The van der Waals surface area contributed by atoms with Crippen LogP contribution in [0.2, 0.25) is 0 Å². The third-order valence-electron chi connectivity index (χ3n) is 5.51. The maximum Gasteiger partial charge on any atom is 0.0733 e. The molecule has 1 heteroatoms. The van der Waals surface area contributed by atoms with Gasteiger partial charge in [0.15, 0.2) is 0 Å². The van der Waals surface area contributed by atoms with E-state index in [1.54, 1.807) is 0 Å². The first-order chi connectivity index (χ1) is 12.8. The van der Waals surface area contributed by atoms with Crippen LogP contribution in [-0.2, 0) is 5.41 Å². The third kappa shape index (κ3) is 1.86. The Morgan fingerprint density at radius 1 is 0.500 bits per heavy atom. The van der Waals surface area contributed by atoms with Gasteiger partial charge < -0.3 is 5.73 Å². The van der Waals surface area contributed by atoms with Gasteiger partial charge in [0.2, 0.25) is 0 Å². The fraction of sp³-hybridized carbons (Fsp3) is 0.0400. The van der Waals surface area contributed by atoms with Crippen LogP contribution >= 0.6 is 0 Å². The van der Waals surface area contributed by atoms with Gasteiger partial charge in [0.1, 0.15) is 0 Å². The van der Waals surface area contributed by atoms with E-state index in [1.165, 1.54) is 33.4 Å². The molecule has 0 bridgehead atoms. The number of benzene rings is 4. The molecule has 0 radical (unpaired) electrons. The molecule has 0 aliphatic heterocycles. The lowest BCUT2D eigenvalue weighted by molar-refractivity contribution is 0.771. The van der Waals surface area contributed by atoms with E-state index >= 15 is 0 Å². The van der Waals surface area contributed by atoms with Crippen LogP contribution in [0.5, 0.6) is 0 Å². The minimum atomic E-state index is -0.389. The van der Waals surface area contributed by atoms with Crippen LogP contribution in [0.4, 0.5) is 5.69 Å². The summed E-state index contributed by atoms with van der Waals surface area (Å²) in [5.74, 6) is 0. The average molecular weight is 333 g/mol. The van der Waals surface area contributed by atoms with Gasteiger partial charge in [0.25, 0.3) is 0 Å². The Morgan fingerprint density at radius 2 is 1.04 bits per heavy atom. The predicted octanol–water partition coefficient (Wildman–Crippen LogP) is 5.63. The van der Waals surface area contributed by atoms with E-state index in [4.69, 9.17) is 5.73 Å². The van der Waals surface area contributed by atoms with E-state index in [1.807, 2.05) is 6.07 Å². The highest BCUT2D eigenvalue weighted by Gasteiger charge is 2.46. The smallest absolute Gasteiger partial charge is 0.0733 e. The number of fused-ring (bicyclic) bond motifs is 3. The van der Waals surface area contributed by atoms with E-state index in [-0.39, 0.29) is 5.41 Å². The van der Waals surface area contributed by atoms with Crippen LogP contribution in [0.25, 0.3) is 11.1 Å². The summed E-state index contributed by atoms with van der Waals surface area (Å²) >= 11 is 0. The summed E-state index contributed by atoms with van der Waals surface area (Å²) in [5.41, 5.74) is 14.5. The predicted molar refractivity (Wildman–Crippen MR) is 108 cm³/mol. The van der Waals surface area contributed by atoms with Crippen molar-refractivity contribution in [2.75, 3.05) is 5.73 Å². The summed E-state index contributed by atoms with van der Waals surface area (Å²) in [7, 11) is 0. The molecule has 5 rings (SSSR count). The van der Waals surface area contributed by atoms with Crippen molar-refractivity contribution in [2.45, 2.75) is 5.41 Å². The largest absolute Gasteiger partial charge is 0.398 e. The zero-order valence-corrected chi connectivity index (χ0v) is 14.4. The molecule has 0 spiro atoms. The molecule has 4 aromatic rings. The second kappa shape index (κ2) is 5.60. The summed E-state index contributed by atoms with van der Waals surface area (Å²) in [6.45, 7) is 0. The quantitative estimate of drug-likeness (QED) is 0.416. The Balaban J connectivity index is 2.01. The topological polar surface area (TPSA) is 26.0 Å². The second-order valence-electron chi connectivity index (χ2n) is 6.80. The summed E-state index contributed by atoms with van der Waals surface area (Å²) in [6, 6.07) is 36.4. The molecule has 0 fully saturated rings. The first-order valence-corrected chi connectivity index (χ1v) is 8.93. The molecular weight excluding hydrogens is 314 g/mol. The Morgan fingerprint density at radius 3 is 1.69 bits per heavy atom. The Bertz CT molecular complexity index is 1040. The second-order valence-corrected chi connectivity index (χ2v) is 6.80. The molecular formula is C25H19N. The molecule has 0 unspecified atom stereocenters. The van der Waals surface area contributed by atoms with Gasteiger partial charge in [-0.25, -0.2) is 0 Å². The maximum absolute atomic E-state index is 6.60. The molecule has 124 valence electrons. The average Bonchev–Trinajstić information content (AvgIpc) is 3.02. The van der Waals surface area contributed by atoms with Gasteiger partial charge in [-0.15, -0.1) is 0 Å². The van der Waals surface area contributed by atoms with Gasteiger partial charge in [-0.05, 0) is 33.9 Å². The van der Waals surface area contributed by atoms with Crippen molar-refractivity contribution in [3.8, 4) is 11.1 Å². The first kappa shape index (κ1) is 15.0. The number of hydrogen-bond donors (Lipinski definition) is 1. The molecule has 1 aliphatic rings. The first-order valence-electron chi connectivity index (χ1n) is 8.93. The number of anilines is 1. The van der Waals surface area contributed by atoms with Crippen LogP contribution in [0.3, 0.4) is 0 Å². The molecule has 26 heavy (non-hydrogen) atoms. The summed E-state index contributed by atoms with van der Waals surface area (Å²) < 4.78 is 0. The molecule has 0 saturated heterocycles. The maximum atomic E-state index is 6.60. The number of nitrogen functional groups attached to an aromatic ring is 1. The summed E-state index contributed by atoms with van der Waals surface area (Å²) in [5, 5.41) is 0. The lowest BCUT2D eigenvalue weighted by Crippen LogP contribution is -2.29. The lowest BCUT2D eigenvalue weighted by atomic mass is 9.67.